The number of sulfone groups is 1. The van der Waals surface area contributed by atoms with Crippen LogP contribution in [0.15, 0.2) is 0 Å². The molecule has 3 nitrogen and oxygen atoms in total. The van der Waals surface area contributed by atoms with Crippen LogP contribution in [0.5, 0.6) is 0 Å². The third-order valence-corrected chi connectivity index (χ3v) is 5.36. The van der Waals surface area contributed by atoms with Crippen LogP contribution in [0.3, 0.4) is 0 Å². The molecule has 0 spiro atoms. The zero-order valence-corrected chi connectivity index (χ0v) is 11.5. The van der Waals surface area contributed by atoms with Crippen molar-refractivity contribution >= 4 is 9.84 Å². The lowest BCUT2D eigenvalue weighted by Crippen LogP contribution is -2.32. The number of hydrogen-bond acceptors (Lipinski definition) is 3. The van der Waals surface area contributed by atoms with Crippen molar-refractivity contribution in [2.45, 2.75) is 46.1 Å². The van der Waals surface area contributed by atoms with Crippen molar-refractivity contribution in [3.05, 3.63) is 0 Å². The van der Waals surface area contributed by atoms with Gasteiger partial charge in [0.25, 0.3) is 0 Å². The molecule has 0 radical (unpaired) electrons. The molecule has 16 heavy (non-hydrogen) atoms. The van der Waals surface area contributed by atoms with Crippen LogP contribution in [0, 0.1) is 11.8 Å². The third-order valence-electron chi connectivity index (χ3n) is 3.57. The van der Waals surface area contributed by atoms with Gasteiger partial charge in [-0.3, -0.25) is 0 Å². The molecule has 0 heterocycles. The van der Waals surface area contributed by atoms with Crippen molar-refractivity contribution < 1.29 is 8.42 Å². The Morgan fingerprint density at radius 2 is 2.00 bits per heavy atom. The van der Waals surface area contributed by atoms with Gasteiger partial charge in [-0.25, -0.2) is 8.42 Å². The van der Waals surface area contributed by atoms with Gasteiger partial charge in [0.15, 0.2) is 0 Å². The average Bonchev–Trinajstić information content (AvgIpc) is 2.94. The minimum absolute atomic E-state index is 0.276. The lowest BCUT2D eigenvalue weighted by molar-refractivity contribution is 0.426. The van der Waals surface area contributed by atoms with E-state index in [1.165, 1.54) is 6.42 Å². The van der Waals surface area contributed by atoms with Crippen molar-refractivity contribution in [1.29, 1.82) is 0 Å². The fourth-order valence-corrected chi connectivity index (χ4v) is 3.20. The molecule has 1 aliphatic carbocycles. The Morgan fingerprint density at radius 1 is 1.38 bits per heavy atom. The van der Waals surface area contributed by atoms with Gasteiger partial charge in [0.1, 0.15) is 9.84 Å². The molecule has 0 aromatic carbocycles. The zero-order valence-electron chi connectivity index (χ0n) is 10.7. The topological polar surface area (TPSA) is 46.2 Å². The van der Waals surface area contributed by atoms with Crippen molar-refractivity contribution in [2.24, 2.45) is 11.8 Å². The first-order valence-corrected chi connectivity index (χ1v) is 8.26. The maximum absolute atomic E-state index is 11.4. The smallest absolute Gasteiger partial charge is 0.150 e. The summed E-state index contributed by atoms with van der Waals surface area (Å²) in [7, 11) is -2.78. The fraction of sp³-hybridized carbons (Fsp3) is 1.00. The summed E-state index contributed by atoms with van der Waals surface area (Å²) in [4.78, 5) is 0. The highest BCUT2D eigenvalue weighted by Gasteiger charge is 2.38. The van der Waals surface area contributed by atoms with Gasteiger partial charge in [-0.05, 0) is 37.6 Å². The molecule has 0 bridgehead atoms. The summed E-state index contributed by atoms with van der Waals surface area (Å²) < 4.78 is 22.7. The molecule has 3 atom stereocenters. The summed E-state index contributed by atoms with van der Waals surface area (Å²) in [5, 5.41) is 3.48. The Bertz CT molecular complexity index is 300. The van der Waals surface area contributed by atoms with Crippen molar-refractivity contribution in [1.82, 2.24) is 5.32 Å². The van der Waals surface area contributed by atoms with Crippen LogP contribution in [0.4, 0.5) is 0 Å². The number of nitrogens with one attached hydrogen (secondary N) is 1. The van der Waals surface area contributed by atoms with Crippen LogP contribution in [0.25, 0.3) is 0 Å². The van der Waals surface area contributed by atoms with Crippen molar-refractivity contribution in [3.63, 3.8) is 0 Å². The van der Waals surface area contributed by atoms with E-state index in [4.69, 9.17) is 0 Å². The second kappa shape index (κ2) is 6.01. The van der Waals surface area contributed by atoms with Gasteiger partial charge in [0.2, 0.25) is 0 Å². The molecular weight excluding hydrogens is 222 g/mol. The first kappa shape index (κ1) is 14.0. The molecule has 0 aliphatic heterocycles. The molecule has 1 fully saturated rings. The zero-order chi connectivity index (χ0) is 12.2. The predicted octanol–water partition coefficient (Wildman–Crippen LogP) is 1.84. The van der Waals surface area contributed by atoms with Crippen LogP contribution < -0.4 is 5.32 Å². The summed E-state index contributed by atoms with van der Waals surface area (Å²) in [5.41, 5.74) is 0. The molecule has 0 aromatic rings. The summed E-state index contributed by atoms with van der Waals surface area (Å²) in [6.07, 6.45) is 3.11. The maximum Gasteiger partial charge on any atom is 0.150 e. The van der Waals surface area contributed by atoms with E-state index in [1.807, 2.05) is 0 Å². The van der Waals surface area contributed by atoms with E-state index in [2.05, 4.69) is 19.2 Å². The Balaban J connectivity index is 2.28. The highest BCUT2D eigenvalue weighted by Crippen LogP contribution is 2.41. The number of hydrogen-bond donors (Lipinski definition) is 1. The van der Waals surface area contributed by atoms with Gasteiger partial charge in [-0.2, -0.15) is 0 Å². The third kappa shape index (κ3) is 4.42. The summed E-state index contributed by atoms with van der Waals surface area (Å²) >= 11 is 0. The molecule has 96 valence electrons. The molecule has 0 saturated heterocycles. The molecule has 0 aromatic heterocycles. The second-order valence-electron chi connectivity index (χ2n) is 4.92. The lowest BCUT2D eigenvalue weighted by Gasteiger charge is -2.17. The highest BCUT2D eigenvalue weighted by molar-refractivity contribution is 7.91. The molecule has 1 N–H and O–H groups in total. The minimum atomic E-state index is -2.78. The average molecular weight is 247 g/mol. The standard InChI is InChI=1S/C12H25NO2S/c1-4-13-12(11-9-10(11)3)7-6-8-16(14,15)5-2/h10-13H,4-9H2,1-3H3. The van der Waals surface area contributed by atoms with E-state index in [9.17, 15) is 8.42 Å². The number of rotatable bonds is 8. The normalized spacial score (nSPS) is 26.7. The largest absolute Gasteiger partial charge is 0.314 e. The van der Waals surface area contributed by atoms with Crippen LogP contribution in [0.1, 0.15) is 40.0 Å². The first-order valence-electron chi connectivity index (χ1n) is 6.44. The van der Waals surface area contributed by atoms with Crippen molar-refractivity contribution in [2.75, 3.05) is 18.1 Å². The molecular formula is C12H25NO2S. The Labute approximate surface area is 99.9 Å². The Hall–Kier alpha value is -0.0900. The molecule has 3 unspecified atom stereocenters. The van der Waals surface area contributed by atoms with E-state index >= 15 is 0 Å². The fourth-order valence-electron chi connectivity index (χ4n) is 2.31. The highest BCUT2D eigenvalue weighted by atomic mass is 32.2. The first-order chi connectivity index (χ1) is 7.50. The van der Waals surface area contributed by atoms with Gasteiger partial charge >= 0.3 is 0 Å². The summed E-state index contributed by atoms with van der Waals surface area (Å²) in [5.74, 6) is 2.24. The summed E-state index contributed by atoms with van der Waals surface area (Å²) in [6, 6.07) is 0.534. The van der Waals surface area contributed by atoms with Gasteiger partial charge in [-0.1, -0.05) is 20.8 Å². The van der Waals surface area contributed by atoms with E-state index in [1.54, 1.807) is 6.92 Å². The molecule has 0 amide bonds. The van der Waals surface area contributed by atoms with Crippen LogP contribution in [-0.4, -0.2) is 32.5 Å². The Kier molecular flexibility index (Phi) is 5.25. The molecule has 1 rings (SSSR count). The van der Waals surface area contributed by atoms with E-state index in [-0.39, 0.29) is 5.75 Å². The Morgan fingerprint density at radius 3 is 2.44 bits per heavy atom. The maximum atomic E-state index is 11.4. The predicted molar refractivity (Wildman–Crippen MR) is 68.3 cm³/mol. The monoisotopic (exact) mass is 247 g/mol. The van der Waals surface area contributed by atoms with Crippen LogP contribution >= 0.6 is 0 Å². The van der Waals surface area contributed by atoms with Gasteiger partial charge in [-0.15, -0.1) is 0 Å². The van der Waals surface area contributed by atoms with Gasteiger partial charge in [0, 0.05) is 11.8 Å². The van der Waals surface area contributed by atoms with E-state index in [0.717, 1.165) is 31.2 Å². The van der Waals surface area contributed by atoms with E-state index < -0.39 is 9.84 Å². The second-order valence-corrected chi connectivity index (χ2v) is 7.39. The lowest BCUT2D eigenvalue weighted by atomic mass is 10.1. The quantitative estimate of drug-likeness (QED) is 0.712. The SMILES string of the molecule is CCNC(CCCS(=O)(=O)CC)C1CC1C. The molecule has 4 heteroatoms. The molecule has 1 saturated carbocycles. The molecule has 1 aliphatic rings. The van der Waals surface area contributed by atoms with Crippen molar-refractivity contribution in [3.8, 4) is 0 Å². The van der Waals surface area contributed by atoms with Crippen LogP contribution in [-0.2, 0) is 9.84 Å². The van der Waals surface area contributed by atoms with E-state index in [0.29, 0.717) is 11.8 Å². The van der Waals surface area contributed by atoms with Gasteiger partial charge in [0.05, 0.1) is 5.75 Å². The minimum Gasteiger partial charge on any atom is -0.314 e. The summed E-state index contributed by atoms with van der Waals surface area (Å²) in [6.45, 7) is 7.09. The van der Waals surface area contributed by atoms with Crippen LogP contribution in [0.2, 0.25) is 0 Å². The van der Waals surface area contributed by atoms with Gasteiger partial charge < -0.3 is 5.32 Å².